The Morgan fingerprint density at radius 2 is 2.00 bits per heavy atom. The first-order valence-electron chi connectivity index (χ1n) is 7.74. The summed E-state index contributed by atoms with van der Waals surface area (Å²) in [6.07, 6.45) is 0.351. The van der Waals surface area contributed by atoms with Crippen LogP contribution >= 0.6 is 23.4 Å². The summed E-state index contributed by atoms with van der Waals surface area (Å²) in [5.41, 5.74) is 0. The number of fused-ring (bicyclic) bond motifs is 2. The van der Waals surface area contributed by atoms with Crippen LogP contribution in [0.4, 0.5) is 8.78 Å². The van der Waals surface area contributed by atoms with E-state index in [2.05, 4.69) is 16.7 Å². The van der Waals surface area contributed by atoms with Crippen LogP contribution in [0.25, 0.3) is 0 Å². The van der Waals surface area contributed by atoms with E-state index in [0.29, 0.717) is 22.4 Å². The summed E-state index contributed by atoms with van der Waals surface area (Å²) in [6.45, 7) is 0. The van der Waals surface area contributed by atoms with Crippen LogP contribution < -0.4 is 4.74 Å². The molecular formula is C16H18ClF2NO3S. The van der Waals surface area contributed by atoms with E-state index >= 15 is 0 Å². The van der Waals surface area contributed by atoms with E-state index < -0.39 is 12.1 Å². The lowest BCUT2D eigenvalue weighted by atomic mass is 10.0. The molecule has 0 radical (unpaired) electrons. The van der Waals surface area contributed by atoms with Gasteiger partial charge < -0.3 is 14.7 Å². The molecular weight excluding hydrogens is 360 g/mol. The fourth-order valence-corrected chi connectivity index (χ4v) is 5.09. The zero-order valence-electron chi connectivity index (χ0n) is 13.0. The molecule has 1 N–H and O–H groups in total. The van der Waals surface area contributed by atoms with Crippen molar-refractivity contribution < 1.29 is 23.4 Å². The van der Waals surface area contributed by atoms with Gasteiger partial charge in [0.25, 0.3) is 0 Å². The molecule has 0 amide bonds. The molecule has 2 aliphatic rings. The molecule has 2 heterocycles. The van der Waals surface area contributed by atoms with Gasteiger partial charge in [-0.05, 0) is 44.9 Å². The van der Waals surface area contributed by atoms with E-state index in [1.54, 1.807) is 17.8 Å². The molecule has 2 saturated heterocycles. The number of rotatable bonds is 5. The number of hydrogen-bond donors (Lipinski definition) is 1. The predicted octanol–water partition coefficient (Wildman–Crippen LogP) is 4.11. The number of thioether (sulfide) groups is 1. The van der Waals surface area contributed by atoms with Gasteiger partial charge in [-0.25, -0.2) is 4.79 Å². The van der Waals surface area contributed by atoms with Gasteiger partial charge in [0.15, 0.2) is 0 Å². The Bertz CT molecular complexity index is 632. The highest BCUT2D eigenvalue weighted by atomic mass is 35.5. The molecule has 4 nitrogen and oxygen atoms in total. The first kappa shape index (κ1) is 17.8. The van der Waals surface area contributed by atoms with Gasteiger partial charge in [0.05, 0.1) is 5.02 Å². The maximum atomic E-state index is 13.1. The second-order valence-corrected chi connectivity index (χ2v) is 8.03. The van der Waals surface area contributed by atoms with Crippen LogP contribution in [-0.4, -0.2) is 46.5 Å². The fourth-order valence-electron chi connectivity index (χ4n) is 3.47. The minimum atomic E-state index is -4.27. The smallest absolute Gasteiger partial charge is 0.474 e. The lowest BCUT2D eigenvalue weighted by Crippen LogP contribution is -2.40. The van der Waals surface area contributed by atoms with Crippen LogP contribution in [0.5, 0.6) is 5.75 Å². The normalized spacial score (nSPS) is 27.2. The zero-order valence-corrected chi connectivity index (χ0v) is 14.6. The average molecular weight is 378 g/mol. The van der Waals surface area contributed by atoms with Crippen LogP contribution in [0.1, 0.15) is 25.7 Å². The van der Waals surface area contributed by atoms with E-state index in [1.165, 1.54) is 25.0 Å². The summed E-state index contributed by atoms with van der Waals surface area (Å²) in [6, 6.07) is 5.40. The van der Waals surface area contributed by atoms with Crippen LogP contribution in [0.15, 0.2) is 23.1 Å². The molecule has 24 heavy (non-hydrogen) atoms. The van der Waals surface area contributed by atoms with Crippen molar-refractivity contribution in [3.05, 3.63) is 23.2 Å². The third-order valence-corrected chi connectivity index (χ3v) is 6.50. The Labute approximate surface area is 148 Å². The summed E-state index contributed by atoms with van der Waals surface area (Å²) in [4.78, 5) is 13.7. The van der Waals surface area contributed by atoms with E-state index in [1.807, 2.05) is 0 Å². The van der Waals surface area contributed by atoms with E-state index in [4.69, 9.17) is 16.7 Å². The number of hydrogen-bond acceptors (Lipinski definition) is 4. The summed E-state index contributed by atoms with van der Waals surface area (Å²) in [5.74, 6) is -2.60. The SMILES string of the molecule is CN1C2CCC1CC(Sc1ccc(OC(F)(F)C(=O)O)cc1Cl)C2. The van der Waals surface area contributed by atoms with Crippen molar-refractivity contribution in [2.75, 3.05) is 7.05 Å². The van der Waals surface area contributed by atoms with Crippen molar-refractivity contribution in [1.29, 1.82) is 0 Å². The highest BCUT2D eigenvalue weighted by molar-refractivity contribution is 8.00. The van der Waals surface area contributed by atoms with Gasteiger partial charge in [0, 0.05) is 28.3 Å². The van der Waals surface area contributed by atoms with Gasteiger partial charge in [-0.1, -0.05) is 11.6 Å². The Morgan fingerprint density at radius 1 is 1.38 bits per heavy atom. The first-order valence-corrected chi connectivity index (χ1v) is 9.00. The molecule has 2 fully saturated rings. The molecule has 0 aromatic heterocycles. The summed E-state index contributed by atoms with van der Waals surface area (Å²) in [7, 11) is 2.17. The highest BCUT2D eigenvalue weighted by Gasteiger charge is 2.42. The maximum Gasteiger partial charge on any atom is 0.501 e. The molecule has 0 saturated carbocycles. The van der Waals surface area contributed by atoms with Crippen molar-refractivity contribution in [3.63, 3.8) is 0 Å². The number of benzene rings is 1. The fraction of sp³-hybridized carbons (Fsp3) is 0.562. The van der Waals surface area contributed by atoms with Crippen LogP contribution in [0.3, 0.4) is 0 Å². The third-order valence-electron chi connectivity index (χ3n) is 4.75. The number of ether oxygens (including phenoxy) is 1. The lowest BCUT2D eigenvalue weighted by Gasteiger charge is -2.36. The molecule has 1 aromatic rings. The molecule has 0 aliphatic carbocycles. The third kappa shape index (κ3) is 3.63. The summed E-state index contributed by atoms with van der Waals surface area (Å²) < 4.78 is 30.4. The van der Waals surface area contributed by atoms with Crippen molar-refractivity contribution in [1.82, 2.24) is 4.90 Å². The quantitative estimate of drug-likeness (QED) is 0.836. The standard InChI is InChI=1S/C16H18ClF2NO3S/c1-20-9-2-3-10(20)7-12(6-9)24-14-5-4-11(8-13(14)17)23-16(18,19)15(21)22/h4-5,8-10,12H,2-3,6-7H2,1H3,(H,21,22). The number of alkyl halides is 2. The molecule has 2 bridgehead atoms. The Morgan fingerprint density at radius 3 is 2.54 bits per heavy atom. The Kier molecular flexibility index (Phi) is 4.95. The van der Waals surface area contributed by atoms with Crippen molar-refractivity contribution in [2.45, 2.75) is 54.0 Å². The lowest BCUT2D eigenvalue weighted by molar-refractivity contribution is -0.210. The van der Waals surface area contributed by atoms with Crippen LogP contribution in [-0.2, 0) is 4.79 Å². The molecule has 3 rings (SSSR count). The first-order chi connectivity index (χ1) is 11.3. The minimum absolute atomic E-state index is 0.264. The number of carboxylic acid groups (broad SMARTS) is 1. The predicted molar refractivity (Wildman–Crippen MR) is 88.1 cm³/mol. The Hall–Kier alpha value is -1.05. The molecule has 2 atom stereocenters. The average Bonchev–Trinajstić information content (AvgIpc) is 2.72. The number of carbonyl (C=O) groups is 1. The van der Waals surface area contributed by atoms with Crippen molar-refractivity contribution >= 4 is 29.3 Å². The summed E-state index contributed by atoms with van der Waals surface area (Å²) in [5, 5.41) is 9.15. The second-order valence-electron chi connectivity index (χ2n) is 6.28. The van der Waals surface area contributed by atoms with Crippen molar-refractivity contribution in [3.8, 4) is 5.75 Å². The van der Waals surface area contributed by atoms with Gasteiger partial charge in [0.1, 0.15) is 5.75 Å². The van der Waals surface area contributed by atoms with Gasteiger partial charge >= 0.3 is 12.1 Å². The monoisotopic (exact) mass is 377 g/mol. The number of piperidine rings is 1. The number of aliphatic carboxylic acids is 1. The molecule has 132 valence electrons. The topological polar surface area (TPSA) is 49.8 Å². The minimum Gasteiger partial charge on any atom is -0.474 e. The van der Waals surface area contributed by atoms with Gasteiger partial charge in [-0.2, -0.15) is 8.78 Å². The zero-order chi connectivity index (χ0) is 17.5. The van der Waals surface area contributed by atoms with Crippen LogP contribution in [0.2, 0.25) is 5.02 Å². The Balaban J connectivity index is 1.66. The summed E-state index contributed by atoms with van der Waals surface area (Å²) >= 11 is 7.83. The number of carboxylic acids is 1. The molecule has 8 heteroatoms. The second kappa shape index (κ2) is 6.69. The van der Waals surface area contributed by atoms with Gasteiger partial charge in [-0.15, -0.1) is 11.8 Å². The molecule has 0 spiro atoms. The van der Waals surface area contributed by atoms with Gasteiger partial charge in [0.2, 0.25) is 0 Å². The number of nitrogens with zero attached hydrogens (tertiary/aromatic N) is 1. The molecule has 2 aliphatic heterocycles. The van der Waals surface area contributed by atoms with E-state index in [-0.39, 0.29) is 5.75 Å². The van der Waals surface area contributed by atoms with Gasteiger partial charge in [-0.3, -0.25) is 0 Å². The highest BCUT2D eigenvalue weighted by Crippen LogP contribution is 2.43. The largest absolute Gasteiger partial charge is 0.501 e. The maximum absolute atomic E-state index is 13.1. The molecule has 1 aromatic carbocycles. The number of halogens is 3. The molecule has 2 unspecified atom stereocenters. The van der Waals surface area contributed by atoms with Crippen molar-refractivity contribution in [2.24, 2.45) is 0 Å². The van der Waals surface area contributed by atoms with E-state index in [0.717, 1.165) is 17.7 Å². The van der Waals surface area contributed by atoms with E-state index in [9.17, 15) is 13.6 Å². The van der Waals surface area contributed by atoms with Crippen LogP contribution in [0, 0.1) is 0 Å².